The normalized spacial score (nSPS) is 17.8. The van der Waals surface area contributed by atoms with E-state index in [2.05, 4.69) is 15.7 Å². The predicted octanol–water partition coefficient (Wildman–Crippen LogP) is 1.37. The van der Waals surface area contributed by atoms with Gasteiger partial charge in [-0.25, -0.2) is 0 Å². The summed E-state index contributed by atoms with van der Waals surface area (Å²) in [4.78, 5) is 12.0. The van der Waals surface area contributed by atoms with Crippen LogP contribution in [0.4, 0.5) is 0 Å². The number of nitrogens with one attached hydrogen (secondary N) is 2. The molecule has 0 spiro atoms. The number of aromatic nitrogens is 2. The Morgan fingerprint density at radius 3 is 3.20 bits per heavy atom. The molecule has 5 nitrogen and oxygen atoms in total. The van der Waals surface area contributed by atoms with E-state index in [-0.39, 0.29) is 11.9 Å². The molecule has 104 valence electrons. The molecular formula is C14H15ClN4O. The maximum Gasteiger partial charge on any atom is 0.241 e. The van der Waals surface area contributed by atoms with Gasteiger partial charge in [0.05, 0.1) is 22.8 Å². The molecule has 1 atom stereocenters. The van der Waals surface area contributed by atoms with E-state index in [4.69, 9.17) is 11.6 Å². The fourth-order valence-electron chi connectivity index (χ4n) is 2.40. The molecule has 1 unspecified atom stereocenters. The van der Waals surface area contributed by atoms with Gasteiger partial charge in [-0.05, 0) is 12.1 Å². The van der Waals surface area contributed by atoms with Crippen LogP contribution in [0.1, 0.15) is 5.69 Å². The van der Waals surface area contributed by atoms with Crippen molar-refractivity contribution in [2.45, 2.75) is 12.6 Å². The van der Waals surface area contributed by atoms with Gasteiger partial charge in [0, 0.05) is 19.0 Å². The second-order valence-corrected chi connectivity index (χ2v) is 5.14. The van der Waals surface area contributed by atoms with Crippen LogP contribution in [0.15, 0.2) is 30.4 Å². The van der Waals surface area contributed by atoms with Gasteiger partial charge in [-0.2, -0.15) is 5.10 Å². The lowest BCUT2D eigenvalue weighted by Gasteiger charge is -2.09. The van der Waals surface area contributed by atoms with Crippen LogP contribution in [0.25, 0.3) is 10.9 Å². The zero-order valence-electron chi connectivity index (χ0n) is 11.1. The third-order valence-corrected chi connectivity index (χ3v) is 3.71. The quantitative estimate of drug-likeness (QED) is 0.840. The molecule has 0 saturated carbocycles. The first-order valence-corrected chi connectivity index (χ1v) is 6.82. The van der Waals surface area contributed by atoms with Gasteiger partial charge in [0.15, 0.2) is 0 Å². The molecule has 0 aliphatic carbocycles. The van der Waals surface area contributed by atoms with Crippen molar-refractivity contribution in [1.29, 1.82) is 0 Å². The smallest absolute Gasteiger partial charge is 0.241 e. The van der Waals surface area contributed by atoms with Crippen molar-refractivity contribution in [3.05, 3.63) is 41.1 Å². The van der Waals surface area contributed by atoms with Crippen molar-refractivity contribution in [2.75, 3.05) is 6.54 Å². The SMILES string of the molecule is Cn1nc(CNC(=O)C2C=CCN2)c2c(Cl)cccc21. The number of fused-ring (bicyclic) bond motifs is 1. The Hall–Kier alpha value is -1.85. The van der Waals surface area contributed by atoms with E-state index in [1.54, 1.807) is 4.68 Å². The number of aryl methyl sites for hydroxylation is 1. The van der Waals surface area contributed by atoms with Crippen LogP contribution in [0, 0.1) is 0 Å². The molecule has 2 heterocycles. The molecule has 2 N–H and O–H groups in total. The Bertz CT molecular complexity index is 692. The van der Waals surface area contributed by atoms with Gasteiger partial charge in [-0.3, -0.25) is 14.8 Å². The van der Waals surface area contributed by atoms with Crippen LogP contribution in [-0.2, 0) is 18.4 Å². The molecule has 3 rings (SSSR count). The Morgan fingerprint density at radius 1 is 1.60 bits per heavy atom. The van der Waals surface area contributed by atoms with Crippen LogP contribution in [-0.4, -0.2) is 28.3 Å². The molecule has 1 aromatic carbocycles. The highest BCUT2D eigenvalue weighted by Gasteiger charge is 2.18. The fourth-order valence-corrected chi connectivity index (χ4v) is 2.68. The van der Waals surface area contributed by atoms with Crippen LogP contribution in [0.3, 0.4) is 0 Å². The van der Waals surface area contributed by atoms with E-state index in [0.717, 1.165) is 23.1 Å². The highest BCUT2D eigenvalue weighted by molar-refractivity contribution is 6.35. The van der Waals surface area contributed by atoms with Gasteiger partial charge in [0.2, 0.25) is 5.91 Å². The van der Waals surface area contributed by atoms with Crippen molar-refractivity contribution in [3.63, 3.8) is 0 Å². The summed E-state index contributed by atoms with van der Waals surface area (Å²) in [7, 11) is 1.87. The lowest BCUT2D eigenvalue weighted by Crippen LogP contribution is -2.40. The number of amides is 1. The minimum absolute atomic E-state index is 0.0513. The molecule has 0 saturated heterocycles. The Kier molecular flexibility index (Phi) is 3.46. The topological polar surface area (TPSA) is 59.0 Å². The van der Waals surface area contributed by atoms with E-state index in [1.807, 2.05) is 37.4 Å². The van der Waals surface area contributed by atoms with Gasteiger partial charge in [-0.15, -0.1) is 0 Å². The molecule has 0 fully saturated rings. The predicted molar refractivity (Wildman–Crippen MR) is 78.5 cm³/mol. The molecular weight excluding hydrogens is 276 g/mol. The summed E-state index contributed by atoms with van der Waals surface area (Å²) >= 11 is 6.23. The average molecular weight is 291 g/mol. The Balaban J connectivity index is 1.81. The van der Waals surface area contributed by atoms with E-state index in [0.29, 0.717) is 11.6 Å². The van der Waals surface area contributed by atoms with Gasteiger partial charge in [-0.1, -0.05) is 29.8 Å². The average Bonchev–Trinajstić information content (AvgIpc) is 3.06. The molecule has 1 aliphatic heterocycles. The standard InChI is InChI=1S/C14H15ClN4O/c1-19-12-6-2-4-9(15)13(12)11(18-19)8-17-14(20)10-5-3-7-16-10/h2-6,10,16H,7-8H2,1H3,(H,17,20). The van der Waals surface area contributed by atoms with Gasteiger partial charge in [0.1, 0.15) is 6.04 Å². The van der Waals surface area contributed by atoms with Crippen LogP contribution >= 0.6 is 11.6 Å². The molecule has 2 aromatic rings. The van der Waals surface area contributed by atoms with Gasteiger partial charge in [0.25, 0.3) is 0 Å². The molecule has 1 amide bonds. The van der Waals surface area contributed by atoms with Crippen molar-refractivity contribution >= 4 is 28.4 Å². The summed E-state index contributed by atoms with van der Waals surface area (Å²) < 4.78 is 1.77. The molecule has 1 aliphatic rings. The van der Waals surface area contributed by atoms with Crippen LogP contribution < -0.4 is 10.6 Å². The van der Waals surface area contributed by atoms with E-state index >= 15 is 0 Å². The zero-order chi connectivity index (χ0) is 14.1. The van der Waals surface area contributed by atoms with E-state index in [9.17, 15) is 4.79 Å². The number of carbonyl (C=O) groups is 1. The lowest BCUT2D eigenvalue weighted by atomic mass is 10.2. The second-order valence-electron chi connectivity index (χ2n) is 4.74. The van der Waals surface area contributed by atoms with E-state index in [1.165, 1.54) is 0 Å². The summed E-state index contributed by atoms with van der Waals surface area (Å²) in [5.41, 5.74) is 1.74. The second kappa shape index (κ2) is 5.26. The maximum atomic E-state index is 12.0. The maximum absolute atomic E-state index is 12.0. The first-order valence-electron chi connectivity index (χ1n) is 6.44. The summed E-state index contributed by atoms with van der Waals surface area (Å²) in [6, 6.07) is 5.43. The number of benzene rings is 1. The van der Waals surface area contributed by atoms with Crippen LogP contribution in [0.5, 0.6) is 0 Å². The van der Waals surface area contributed by atoms with Crippen molar-refractivity contribution in [2.24, 2.45) is 7.05 Å². The summed E-state index contributed by atoms with van der Waals surface area (Å²) in [6.45, 7) is 1.10. The molecule has 0 bridgehead atoms. The van der Waals surface area contributed by atoms with Crippen molar-refractivity contribution in [1.82, 2.24) is 20.4 Å². The minimum atomic E-state index is -0.250. The van der Waals surface area contributed by atoms with Crippen LogP contribution in [0.2, 0.25) is 5.02 Å². The molecule has 0 radical (unpaired) electrons. The summed E-state index contributed by atoms with van der Waals surface area (Å²) in [6.07, 6.45) is 3.80. The number of halogens is 1. The third-order valence-electron chi connectivity index (χ3n) is 3.40. The molecule has 1 aromatic heterocycles. The highest BCUT2D eigenvalue weighted by atomic mass is 35.5. The molecule has 6 heteroatoms. The number of carbonyl (C=O) groups excluding carboxylic acids is 1. The monoisotopic (exact) mass is 290 g/mol. The fraction of sp³-hybridized carbons (Fsp3) is 0.286. The Labute approximate surface area is 121 Å². The number of nitrogens with zero attached hydrogens (tertiary/aromatic N) is 2. The minimum Gasteiger partial charge on any atom is -0.349 e. The van der Waals surface area contributed by atoms with Gasteiger partial charge < -0.3 is 5.32 Å². The largest absolute Gasteiger partial charge is 0.349 e. The van der Waals surface area contributed by atoms with Crippen molar-refractivity contribution in [3.8, 4) is 0 Å². The van der Waals surface area contributed by atoms with Gasteiger partial charge >= 0.3 is 0 Å². The Morgan fingerprint density at radius 2 is 2.45 bits per heavy atom. The molecule has 20 heavy (non-hydrogen) atoms. The number of rotatable bonds is 3. The lowest BCUT2D eigenvalue weighted by molar-refractivity contribution is -0.122. The van der Waals surface area contributed by atoms with Crippen molar-refractivity contribution < 1.29 is 4.79 Å². The summed E-state index contributed by atoms with van der Waals surface area (Å²) in [5, 5.41) is 11.9. The highest BCUT2D eigenvalue weighted by Crippen LogP contribution is 2.26. The van der Waals surface area contributed by atoms with E-state index < -0.39 is 0 Å². The zero-order valence-corrected chi connectivity index (χ0v) is 11.8. The number of hydrogen-bond acceptors (Lipinski definition) is 3. The third kappa shape index (κ3) is 2.30. The first-order chi connectivity index (χ1) is 9.66. The number of hydrogen-bond donors (Lipinski definition) is 2. The summed E-state index contributed by atoms with van der Waals surface area (Å²) in [5.74, 6) is -0.0513. The first kappa shape index (κ1) is 13.1.